The average Bonchev–Trinajstić information content (AvgIpc) is 2.78. The SMILES string of the molecule is CN(C)c1ncc(CNc2ccc(Br)cc2C#N)n1C. The smallest absolute Gasteiger partial charge is 0.204 e. The molecular weight excluding hydrogens is 318 g/mol. The van der Waals surface area contributed by atoms with Crippen molar-refractivity contribution in [2.45, 2.75) is 6.54 Å². The van der Waals surface area contributed by atoms with Crippen LogP contribution >= 0.6 is 15.9 Å². The van der Waals surface area contributed by atoms with Gasteiger partial charge in [-0.3, -0.25) is 0 Å². The minimum absolute atomic E-state index is 0.619. The fourth-order valence-electron chi connectivity index (χ4n) is 1.96. The number of halogens is 1. The number of aromatic nitrogens is 2. The quantitative estimate of drug-likeness (QED) is 0.934. The molecule has 6 heteroatoms. The molecule has 0 radical (unpaired) electrons. The van der Waals surface area contributed by atoms with E-state index < -0.39 is 0 Å². The van der Waals surface area contributed by atoms with Crippen molar-refractivity contribution in [2.24, 2.45) is 7.05 Å². The minimum Gasteiger partial charge on any atom is -0.378 e. The lowest BCUT2D eigenvalue weighted by atomic mass is 10.2. The topological polar surface area (TPSA) is 56.9 Å². The Morgan fingerprint density at radius 2 is 2.20 bits per heavy atom. The molecule has 5 nitrogen and oxygen atoms in total. The Hall–Kier alpha value is -2.00. The maximum Gasteiger partial charge on any atom is 0.204 e. The number of imidazole rings is 1. The van der Waals surface area contributed by atoms with Gasteiger partial charge in [-0.25, -0.2) is 4.98 Å². The molecule has 2 aromatic rings. The van der Waals surface area contributed by atoms with Gasteiger partial charge in [0.25, 0.3) is 0 Å². The summed E-state index contributed by atoms with van der Waals surface area (Å²) >= 11 is 3.37. The maximum atomic E-state index is 9.14. The van der Waals surface area contributed by atoms with E-state index in [0.29, 0.717) is 12.1 Å². The van der Waals surface area contributed by atoms with Crippen LogP contribution in [0, 0.1) is 11.3 Å². The molecule has 20 heavy (non-hydrogen) atoms. The van der Waals surface area contributed by atoms with E-state index in [1.807, 2.05) is 48.9 Å². The fourth-order valence-corrected chi connectivity index (χ4v) is 2.32. The number of hydrogen-bond acceptors (Lipinski definition) is 4. The first-order valence-corrected chi connectivity index (χ1v) is 6.93. The van der Waals surface area contributed by atoms with Gasteiger partial charge in [0.2, 0.25) is 5.95 Å². The summed E-state index contributed by atoms with van der Waals surface area (Å²) in [5.41, 5.74) is 2.50. The summed E-state index contributed by atoms with van der Waals surface area (Å²) in [5.74, 6) is 0.901. The zero-order valence-electron chi connectivity index (χ0n) is 11.7. The van der Waals surface area contributed by atoms with Crippen LogP contribution in [0.25, 0.3) is 0 Å². The molecule has 0 spiro atoms. The number of nitrogens with one attached hydrogen (secondary N) is 1. The first kappa shape index (κ1) is 14.4. The molecule has 0 saturated heterocycles. The molecule has 0 fully saturated rings. The first-order chi connectivity index (χ1) is 9.52. The molecule has 0 atom stereocenters. The van der Waals surface area contributed by atoms with E-state index in [4.69, 9.17) is 5.26 Å². The number of anilines is 2. The van der Waals surface area contributed by atoms with E-state index in [2.05, 4.69) is 32.3 Å². The molecule has 0 saturated carbocycles. The molecule has 1 heterocycles. The standard InChI is InChI=1S/C14H16BrN5/c1-19(2)14-18-9-12(20(14)3)8-17-13-5-4-11(15)6-10(13)7-16/h4-6,9,17H,8H2,1-3H3. The maximum absolute atomic E-state index is 9.14. The molecule has 2 rings (SSSR count). The van der Waals surface area contributed by atoms with Gasteiger partial charge in [0.1, 0.15) is 6.07 Å². The summed E-state index contributed by atoms with van der Waals surface area (Å²) in [5, 5.41) is 12.4. The zero-order valence-corrected chi connectivity index (χ0v) is 13.3. The summed E-state index contributed by atoms with van der Waals surface area (Å²) in [6, 6.07) is 7.80. The lowest BCUT2D eigenvalue weighted by Crippen LogP contribution is -2.15. The minimum atomic E-state index is 0.619. The van der Waals surface area contributed by atoms with Crippen molar-refractivity contribution in [1.82, 2.24) is 9.55 Å². The van der Waals surface area contributed by atoms with Gasteiger partial charge in [0, 0.05) is 25.6 Å². The molecule has 0 unspecified atom stereocenters. The highest BCUT2D eigenvalue weighted by molar-refractivity contribution is 9.10. The second kappa shape index (κ2) is 5.97. The van der Waals surface area contributed by atoms with E-state index in [-0.39, 0.29) is 0 Å². The average molecular weight is 334 g/mol. The Morgan fingerprint density at radius 1 is 1.45 bits per heavy atom. The van der Waals surface area contributed by atoms with Crippen molar-refractivity contribution in [3.05, 3.63) is 40.1 Å². The van der Waals surface area contributed by atoms with Gasteiger partial charge >= 0.3 is 0 Å². The van der Waals surface area contributed by atoms with E-state index in [1.165, 1.54) is 0 Å². The van der Waals surface area contributed by atoms with Gasteiger partial charge in [-0.2, -0.15) is 5.26 Å². The molecule has 1 aromatic heterocycles. The molecule has 1 N–H and O–H groups in total. The number of nitriles is 1. The van der Waals surface area contributed by atoms with Gasteiger partial charge in [0.15, 0.2) is 0 Å². The monoisotopic (exact) mass is 333 g/mol. The van der Waals surface area contributed by atoms with Gasteiger partial charge < -0.3 is 14.8 Å². The molecule has 104 valence electrons. The van der Waals surface area contributed by atoms with Crippen LogP contribution in [-0.4, -0.2) is 23.6 Å². The summed E-state index contributed by atoms with van der Waals surface area (Å²) in [6.45, 7) is 0.619. The number of rotatable bonds is 4. The zero-order chi connectivity index (χ0) is 14.7. The lowest BCUT2D eigenvalue weighted by molar-refractivity contribution is 0.814. The summed E-state index contributed by atoms with van der Waals surface area (Å²) in [4.78, 5) is 6.32. The number of hydrogen-bond donors (Lipinski definition) is 1. The highest BCUT2D eigenvalue weighted by Crippen LogP contribution is 2.21. The highest BCUT2D eigenvalue weighted by atomic mass is 79.9. The van der Waals surface area contributed by atoms with Crippen LogP contribution in [0.15, 0.2) is 28.9 Å². The van der Waals surface area contributed by atoms with Gasteiger partial charge in [0.05, 0.1) is 29.7 Å². The van der Waals surface area contributed by atoms with E-state index >= 15 is 0 Å². The summed E-state index contributed by atoms with van der Waals surface area (Å²) in [6.07, 6.45) is 1.84. The summed E-state index contributed by atoms with van der Waals surface area (Å²) < 4.78 is 2.92. The van der Waals surface area contributed by atoms with Crippen molar-refractivity contribution >= 4 is 27.6 Å². The Morgan fingerprint density at radius 3 is 2.80 bits per heavy atom. The third-order valence-electron chi connectivity index (χ3n) is 3.02. The van der Waals surface area contributed by atoms with Crippen molar-refractivity contribution in [3.63, 3.8) is 0 Å². The van der Waals surface area contributed by atoms with Crippen molar-refractivity contribution in [2.75, 3.05) is 24.3 Å². The Kier molecular flexibility index (Phi) is 4.30. The van der Waals surface area contributed by atoms with E-state index in [9.17, 15) is 0 Å². The molecule has 1 aromatic carbocycles. The van der Waals surface area contributed by atoms with Gasteiger partial charge in [-0.05, 0) is 18.2 Å². The van der Waals surface area contributed by atoms with Gasteiger partial charge in [-0.1, -0.05) is 15.9 Å². The fraction of sp³-hybridized carbons (Fsp3) is 0.286. The largest absolute Gasteiger partial charge is 0.378 e. The lowest BCUT2D eigenvalue weighted by Gasteiger charge is -2.13. The van der Waals surface area contributed by atoms with Crippen LogP contribution < -0.4 is 10.2 Å². The third-order valence-corrected chi connectivity index (χ3v) is 3.52. The molecule has 0 amide bonds. The second-order valence-corrected chi connectivity index (χ2v) is 5.57. The molecule has 0 aliphatic carbocycles. The van der Waals surface area contributed by atoms with Crippen molar-refractivity contribution < 1.29 is 0 Å². The Balaban J connectivity index is 2.16. The molecule has 0 aliphatic heterocycles. The Bertz CT molecular complexity index is 654. The third kappa shape index (κ3) is 2.94. The molecule has 0 bridgehead atoms. The van der Waals surface area contributed by atoms with Crippen molar-refractivity contribution in [1.29, 1.82) is 5.26 Å². The predicted molar refractivity (Wildman–Crippen MR) is 83.7 cm³/mol. The second-order valence-electron chi connectivity index (χ2n) is 4.66. The number of nitrogens with zero attached hydrogens (tertiary/aromatic N) is 4. The van der Waals surface area contributed by atoms with Crippen LogP contribution in [0.1, 0.15) is 11.3 Å². The highest BCUT2D eigenvalue weighted by Gasteiger charge is 2.09. The van der Waals surface area contributed by atoms with E-state index in [1.54, 1.807) is 6.07 Å². The van der Waals surface area contributed by atoms with Crippen LogP contribution in [-0.2, 0) is 13.6 Å². The van der Waals surface area contributed by atoms with Crippen LogP contribution in [0.3, 0.4) is 0 Å². The summed E-state index contributed by atoms with van der Waals surface area (Å²) in [7, 11) is 5.90. The van der Waals surface area contributed by atoms with E-state index in [0.717, 1.165) is 21.8 Å². The Labute approximate surface area is 127 Å². The van der Waals surface area contributed by atoms with Crippen molar-refractivity contribution in [3.8, 4) is 6.07 Å². The normalized spacial score (nSPS) is 10.2. The van der Waals surface area contributed by atoms with Crippen LogP contribution in [0.5, 0.6) is 0 Å². The molecule has 0 aliphatic rings. The predicted octanol–water partition coefficient (Wildman–Crippen LogP) is 2.73. The van der Waals surface area contributed by atoms with Crippen LogP contribution in [0.4, 0.5) is 11.6 Å². The first-order valence-electron chi connectivity index (χ1n) is 6.14. The van der Waals surface area contributed by atoms with Gasteiger partial charge in [-0.15, -0.1) is 0 Å². The van der Waals surface area contributed by atoms with Crippen LogP contribution in [0.2, 0.25) is 0 Å². The number of benzene rings is 1. The molecular formula is C14H16BrN5.